The third-order valence-corrected chi connectivity index (χ3v) is 9.28. The van der Waals surface area contributed by atoms with Crippen molar-refractivity contribution in [2.75, 3.05) is 20.7 Å². The summed E-state index contributed by atoms with van der Waals surface area (Å²) in [5, 5.41) is 1.64. The van der Waals surface area contributed by atoms with E-state index in [0.29, 0.717) is 6.54 Å². The minimum atomic E-state index is -3.68. The minimum absolute atomic E-state index is 0.0802. The fourth-order valence-electron chi connectivity index (χ4n) is 5.95. The maximum Gasteiger partial charge on any atom is 0.349 e. The molecule has 0 spiro atoms. The van der Waals surface area contributed by atoms with E-state index < -0.39 is 16.0 Å². The molecule has 0 aliphatic heterocycles. The van der Waals surface area contributed by atoms with Crippen molar-refractivity contribution < 1.29 is 17.9 Å². The predicted molar refractivity (Wildman–Crippen MR) is 96.1 cm³/mol. The van der Waals surface area contributed by atoms with E-state index in [0.717, 1.165) is 48.4 Å². The molecule has 1 aromatic rings. The standard InChI is InChI=1S/C18H25NO4S2/c1-19(25(21,22)15-3-4-24-16(15)17(20)23-2)11-18-8-12-5-13(9-18)7-14(6-12)10-18/h3-4,12-14H,5-11H2,1-2H3. The van der Waals surface area contributed by atoms with Gasteiger partial charge in [-0.15, -0.1) is 11.3 Å². The Labute approximate surface area is 153 Å². The molecular formula is C18H25NO4S2. The summed E-state index contributed by atoms with van der Waals surface area (Å²) in [7, 11) is -0.747. The van der Waals surface area contributed by atoms with Gasteiger partial charge in [0, 0.05) is 13.6 Å². The first-order valence-electron chi connectivity index (χ1n) is 8.95. The molecule has 0 unspecified atom stereocenters. The molecule has 0 radical (unpaired) electrons. The molecular weight excluding hydrogens is 358 g/mol. The van der Waals surface area contributed by atoms with Crippen LogP contribution in [-0.2, 0) is 14.8 Å². The molecule has 5 nitrogen and oxygen atoms in total. The topological polar surface area (TPSA) is 63.7 Å². The molecule has 138 valence electrons. The smallest absolute Gasteiger partial charge is 0.349 e. The van der Waals surface area contributed by atoms with Crippen molar-refractivity contribution in [3.05, 3.63) is 16.3 Å². The van der Waals surface area contributed by atoms with Crippen LogP contribution in [0.3, 0.4) is 0 Å². The number of esters is 1. The second-order valence-corrected chi connectivity index (χ2v) is 11.2. The van der Waals surface area contributed by atoms with Crippen LogP contribution in [0.5, 0.6) is 0 Å². The Morgan fingerprint density at radius 3 is 2.32 bits per heavy atom. The van der Waals surface area contributed by atoms with Crippen LogP contribution in [0.15, 0.2) is 16.3 Å². The molecule has 4 aliphatic rings. The quantitative estimate of drug-likeness (QED) is 0.731. The van der Waals surface area contributed by atoms with Gasteiger partial charge in [-0.25, -0.2) is 17.5 Å². The number of thiophene rings is 1. The highest BCUT2D eigenvalue weighted by atomic mass is 32.2. The summed E-state index contributed by atoms with van der Waals surface area (Å²) in [4.78, 5) is 12.1. The molecule has 5 rings (SSSR count). The summed E-state index contributed by atoms with van der Waals surface area (Å²) >= 11 is 1.12. The van der Waals surface area contributed by atoms with Crippen molar-refractivity contribution >= 4 is 27.3 Å². The number of carbonyl (C=O) groups is 1. The molecule has 1 heterocycles. The monoisotopic (exact) mass is 383 g/mol. The first kappa shape index (κ1) is 17.5. The van der Waals surface area contributed by atoms with Crippen molar-refractivity contribution in [3.8, 4) is 0 Å². The van der Waals surface area contributed by atoms with Crippen molar-refractivity contribution in [3.63, 3.8) is 0 Å². The maximum absolute atomic E-state index is 13.1. The van der Waals surface area contributed by atoms with Gasteiger partial charge in [0.2, 0.25) is 10.0 Å². The molecule has 0 saturated heterocycles. The van der Waals surface area contributed by atoms with Crippen molar-refractivity contribution in [2.45, 2.75) is 43.4 Å². The van der Waals surface area contributed by atoms with Crippen molar-refractivity contribution in [1.29, 1.82) is 0 Å². The average molecular weight is 384 g/mol. The number of methoxy groups -OCH3 is 1. The molecule has 25 heavy (non-hydrogen) atoms. The first-order chi connectivity index (χ1) is 11.8. The van der Waals surface area contributed by atoms with Gasteiger partial charge in [-0.2, -0.15) is 0 Å². The Morgan fingerprint density at radius 1 is 1.24 bits per heavy atom. The van der Waals surface area contributed by atoms with Crippen LogP contribution in [0.2, 0.25) is 0 Å². The van der Waals surface area contributed by atoms with E-state index in [1.807, 2.05) is 0 Å². The van der Waals surface area contributed by atoms with E-state index in [2.05, 4.69) is 0 Å². The number of hydrogen-bond acceptors (Lipinski definition) is 5. The predicted octanol–water partition coefficient (Wildman–Crippen LogP) is 3.37. The second-order valence-electron chi connectivity index (χ2n) is 8.28. The molecule has 0 N–H and O–H groups in total. The van der Waals surface area contributed by atoms with E-state index >= 15 is 0 Å². The number of hydrogen-bond donors (Lipinski definition) is 0. The SMILES string of the molecule is COC(=O)c1sccc1S(=O)(=O)N(C)CC12CC3CC(CC(C3)C1)C2. The summed E-state index contributed by atoms with van der Waals surface area (Å²) in [6.45, 7) is 0.565. The van der Waals surface area contributed by atoms with Crippen LogP contribution in [0, 0.1) is 23.2 Å². The molecule has 7 heteroatoms. The first-order valence-corrected chi connectivity index (χ1v) is 11.3. The largest absolute Gasteiger partial charge is 0.465 e. The molecule has 0 atom stereocenters. The van der Waals surface area contributed by atoms with Gasteiger partial charge < -0.3 is 4.74 Å². The van der Waals surface area contributed by atoms with E-state index in [9.17, 15) is 13.2 Å². The van der Waals surface area contributed by atoms with Gasteiger partial charge in [0.15, 0.2) is 0 Å². The molecule has 1 aromatic heterocycles. The summed E-state index contributed by atoms with van der Waals surface area (Å²) in [6, 6.07) is 1.52. The van der Waals surface area contributed by atoms with Gasteiger partial charge in [0.05, 0.1) is 7.11 Å². The van der Waals surface area contributed by atoms with Gasteiger partial charge in [-0.1, -0.05) is 0 Å². The summed E-state index contributed by atoms with van der Waals surface area (Å²) in [5.41, 5.74) is 0.137. The normalized spacial score (nSPS) is 33.8. The summed E-state index contributed by atoms with van der Waals surface area (Å²) in [6.07, 6.45) is 7.50. The van der Waals surface area contributed by atoms with Crippen LogP contribution in [0.25, 0.3) is 0 Å². The Balaban J connectivity index is 1.58. The van der Waals surface area contributed by atoms with Gasteiger partial charge >= 0.3 is 5.97 Å². The molecule has 4 fully saturated rings. The van der Waals surface area contributed by atoms with Crippen LogP contribution in [0.4, 0.5) is 0 Å². The highest BCUT2D eigenvalue weighted by Crippen LogP contribution is 2.60. The zero-order valence-electron chi connectivity index (χ0n) is 14.7. The lowest BCUT2D eigenvalue weighted by Crippen LogP contribution is -2.51. The Morgan fingerprint density at radius 2 is 1.80 bits per heavy atom. The second kappa shape index (κ2) is 6.06. The van der Waals surface area contributed by atoms with Gasteiger partial charge in [-0.3, -0.25) is 0 Å². The maximum atomic E-state index is 13.1. The molecule has 4 bridgehead atoms. The Bertz CT molecular complexity index is 747. The molecule has 0 amide bonds. The number of carbonyl (C=O) groups excluding carboxylic acids is 1. The third-order valence-electron chi connectivity index (χ3n) is 6.41. The van der Waals surface area contributed by atoms with Crippen molar-refractivity contribution in [2.24, 2.45) is 23.2 Å². The van der Waals surface area contributed by atoms with E-state index in [4.69, 9.17) is 4.74 Å². The lowest BCUT2D eigenvalue weighted by atomic mass is 9.49. The molecule has 4 saturated carbocycles. The Hall–Kier alpha value is -0.920. The third kappa shape index (κ3) is 2.94. The number of ether oxygens (including phenoxy) is 1. The lowest BCUT2D eigenvalue weighted by Gasteiger charge is -2.57. The van der Waals surface area contributed by atoms with Crippen molar-refractivity contribution in [1.82, 2.24) is 4.31 Å². The fraction of sp³-hybridized carbons (Fsp3) is 0.722. The number of rotatable bonds is 5. The van der Waals surface area contributed by atoms with E-state index in [1.54, 1.807) is 12.4 Å². The van der Waals surface area contributed by atoms with Gasteiger partial charge in [0.1, 0.15) is 9.77 Å². The van der Waals surface area contributed by atoms with Crippen LogP contribution in [-0.4, -0.2) is 39.4 Å². The minimum Gasteiger partial charge on any atom is -0.465 e. The van der Waals surface area contributed by atoms with E-state index in [1.165, 1.54) is 36.7 Å². The highest BCUT2D eigenvalue weighted by molar-refractivity contribution is 7.89. The zero-order valence-corrected chi connectivity index (χ0v) is 16.4. The zero-order chi connectivity index (χ0) is 17.8. The fourth-order valence-corrected chi connectivity index (χ4v) is 8.54. The van der Waals surface area contributed by atoms with Gasteiger partial charge in [-0.05, 0) is 73.1 Å². The van der Waals surface area contributed by atoms with Crippen LogP contribution in [0.1, 0.15) is 48.2 Å². The van der Waals surface area contributed by atoms with Gasteiger partial charge in [0.25, 0.3) is 0 Å². The summed E-state index contributed by atoms with van der Waals surface area (Å²) in [5.74, 6) is 1.77. The number of sulfonamides is 1. The van der Waals surface area contributed by atoms with Crippen LogP contribution < -0.4 is 0 Å². The average Bonchev–Trinajstić information content (AvgIpc) is 3.02. The summed E-state index contributed by atoms with van der Waals surface area (Å²) < 4.78 is 32.4. The molecule has 0 aromatic carbocycles. The van der Waals surface area contributed by atoms with Crippen LogP contribution >= 0.6 is 11.3 Å². The highest BCUT2D eigenvalue weighted by Gasteiger charge is 2.52. The van der Waals surface area contributed by atoms with E-state index in [-0.39, 0.29) is 15.2 Å². The Kier molecular flexibility index (Phi) is 4.24. The lowest BCUT2D eigenvalue weighted by molar-refractivity contribution is -0.0583. The molecule has 4 aliphatic carbocycles. The number of nitrogens with zero attached hydrogens (tertiary/aromatic N) is 1.